The van der Waals surface area contributed by atoms with E-state index < -0.39 is 23.5 Å². The molecule has 0 amide bonds. The van der Waals surface area contributed by atoms with Gasteiger partial charge in [-0.05, 0) is 36.6 Å². The predicted molar refractivity (Wildman–Crippen MR) is 103 cm³/mol. The van der Waals surface area contributed by atoms with Crippen molar-refractivity contribution in [1.29, 1.82) is 0 Å². The summed E-state index contributed by atoms with van der Waals surface area (Å²) in [5.41, 5.74) is 14.1. The lowest BCUT2D eigenvalue weighted by Gasteiger charge is -2.18. The zero-order valence-corrected chi connectivity index (χ0v) is 16.2. The average molecular weight is 417 g/mol. The van der Waals surface area contributed by atoms with Crippen molar-refractivity contribution in [3.63, 3.8) is 0 Å². The molecule has 27 heavy (non-hydrogen) atoms. The van der Waals surface area contributed by atoms with Crippen molar-refractivity contribution in [2.24, 2.45) is 5.73 Å². The summed E-state index contributed by atoms with van der Waals surface area (Å²) in [6, 6.07) is 2.94. The first-order valence-electron chi connectivity index (χ1n) is 8.01. The maximum Gasteiger partial charge on any atom is 0.322 e. The molecule has 2 aromatic rings. The third kappa shape index (κ3) is 4.71. The molecule has 0 aliphatic carbocycles. The number of nitrogen functional groups attached to an aromatic ring is 1. The highest BCUT2D eigenvalue weighted by Gasteiger charge is 2.21. The fourth-order valence-electron chi connectivity index (χ4n) is 2.41. The summed E-state index contributed by atoms with van der Waals surface area (Å²) in [6.45, 7) is 3.18. The van der Waals surface area contributed by atoms with Crippen molar-refractivity contribution in [3.05, 3.63) is 39.3 Å². The van der Waals surface area contributed by atoms with Gasteiger partial charge in [0.1, 0.15) is 22.3 Å². The van der Waals surface area contributed by atoms with Gasteiger partial charge in [0.25, 0.3) is 0 Å². The van der Waals surface area contributed by atoms with Crippen LogP contribution < -0.4 is 21.5 Å². The normalized spacial score (nSPS) is 11.9. The Hall–Kier alpha value is -2.29. The molecule has 0 spiro atoms. The molecular formula is C17H19Cl2FN4O3. The largest absolute Gasteiger partial charge is 0.480 e. The minimum absolute atomic E-state index is 0.153. The molecule has 0 saturated carbocycles. The van der Waals surface area contributed by atoms with E-state index in [9.17, 15) is 9.18 Å². The standard InChI is InChI=1S/C17H19Cl2FN4O3/c1-3-8-4-9(5-10(7(2)21)14(8)22)27-15-12(18)16(20)24-17(13(15)19)23-6-11(25)26/h4-5,7H,3,6,21-22H2,1-2H3,(H,23,24)(H,25,26). The second-order valence-electron chi connectivity index (χ2n) is 5.79. The number of nitrogens with two attached hydrogens (primary N) is 2. The summed E-state index contributed by atoms with van der Waals surface area (Å²) in [6.07, 6.45) is 0.625. The average Bonchev–Trinajstić information content (AvgIpc) is 2.61. The summed E-state index contributed by atoms with van der Waals surface area (Å²) in [4.78, 5) is 14.2. The first kappa shape index (κ1) is 21.0. The fourth-order valence-corrected chi connectivity index (χ4v) is 2.88. The first-order chi connectivity index (χ1) is 12.6. The third-order valence-electron chi connectivity index (χ3n) is 3.77. The molecule has 7 nitrogen and oxygen atoms in total. The maximum absolute atomic E-state index is 14.1. The van der Waals surface area contributed by atoms with Gasteiger partial charge in [-0.25, -0.2) is 0 Å². The van der Waals surface area contributed by atoms with E-state index in [0.717, 1.165) is 5.56 Å². The molecule has 6 N–H and O–H groups in total. The maximum atomic E-state index is 14.1. The summed E-state index contributed by atoms with van der Waals surface area (Å²) < 4.78 is 19.8. The van der Waals surface area contributed by atoms with Crippen molar-refractivity contribution in [2.75, 3.05) is 17.6 Å². The summed E-state index contributed by atoms with van der Waals surface area (Å²) in [5.74, 6) is -2.30. The van der Waals surface area contributed by atoms with E-state index in [2.05, 4.69) is 10.3 Å². The fraction of sp³-hybridized carbons (Fsp3) is 0.294. The quantitative estimate of drug-likeness (QED) is 0.397. The van der Waals surface area contributed by atoms with Crippen LogP contribution in [0, 0.1) is 5.95 Å². The number of carboxylic acids is 1. The van der Waals surface area contributed by atoms with Crippen molar-refractivity contribution in [2.45, 2.75) is 26.3 Å². The van der Waals surface area contributed by atoms with Gasteiger partial charge < -0.3 is 26.6 Å². The van der Waals surface area contributed by atoms with Gasteiger partial charge in [-0.15, -0.1) is 0 Å². The number of hydrogen-bond donors (Lipinski definition) is 4. The predicted octanol–water partition coefficient (Wildman–Crippen LogP) is 3.98. The van der Waals surface area contributed by atoms with Gasteiger partial charge in [0.15, 0.2) is 11.6 Å². The molecule has 1 unspecified atom stereocenters. The summed E-state index contributed by atoms with van der Waals surface area (Å²) in [5, 5.41) is 10.6. The number of hydrogen-bond acceptors (Lipinski definition) is 6. The minimum atomic E-state index is -1.17. The lowest BCUT2D eigenvalue weighted by atomic mass is 10.0. The number of aliphatic carboxylic acids is 1. The number of ether oxygens (including phenoxy) is 1. The van der Waals surface area contributed by atoms with E-state index in [1.807, 2.05) is 6.92 Å². The molecule has 0 saturated heterocycles. The highest BCUT2D eigenvalue weighted by atomic mass is 35.5. The topological polar surface area (TPSA) is 123 Å². The number of anilines is 2. The number of carbonyl (C=O) groups is 1. The molecule has 10 heteroatoms. The SMILES string of the molecule is CCc1cc(Oc2c(Cl)c(F)nc(NCC(=O)O)c2Cl)cc(C(C)N)c1N. The van der Waals surface area contributed by atoms with E-state index in [1.54, 1.807) is 19.1 Å². The van der Waals surface area contributed by atoms with Gasteiger partial charge in [-0.2, -0.15) is 9.37 Å². The van der Waals surface area contributed by atoms with Crippen LogP contribution in [0.2, 0.25) is 10.0 Å². The molecular weight excluding hydrogens is 398 g/mol. The van der Waals surface area contributed by atoms with E-state index >= 15 is 0 Å². The zero-order chi connectivity index (χ0) is 20.3. The number of rotatable bonds is 7. The van der Waals surface area contributed by atoms with Crippen LogP contribution in [0.25, 0.3) is 0 Å². The van der Waals surface area contributed by atoms with E-state index in [1.165, 1.54) is 0 Å². The molecule has 0 radical (unpaired) electrons. The molecule has 1 aromatic carbocycles. The van der Waals surface area contributed by atoms with Crippen LogP contribution in [0.15, 0.2) is 12.1 Å². The van der Waals surface area contributed by atoms with E-state index in [4.69, 9.17) is 44.5 Å². The van der Waals surface area contributed by atoms with Crippen LogP contribution in [-0.4, -0.2) is 22.6 Å². The summed E-state index contributed by atoms with van der Waals surface area (Å²) >= 11 is 12.1. The molecule has 0 aliphatic rings. The lowest BCUT2D eigenvalue weighted by molar-refractivity contribution is -0.134. The Bertz CT molecular complexity index is 878. The van der Waals surface area contributed by atoms with Gasteiger partial charge in [0, 0.05) is 11.7 Å². The molecule has 1 heterocycles. The van der Waals surface area contributed by atoms with Crippen LogP contribution in [0.5, 0.6) is 11.5 Å². The van der Waals surface area contributed by atoms with Crippen LogP contribution in [0.4, 0.5) is 15.9 Å². The number of nitrogens with one attached hydrogen (secondary N) is 1. The van der Waals surface area contributed by atoms with Gasteiger partial charge in [0.05, 0.1) is 0 Å². The molecule has 2 rings (SSSR count). The molecule has 0 aliphatic heterocycles. The van der Waals surface area contributed by atoms with Crippen LogP contribution >= 0.6 is 23.2 Å². The second-order valence-corrected chi connectivity index (χ2v) is 6.54. The van der Waals surface area contributed by atoms with Crippen molar-refractivity contribution < 1.29 is 19.0 Å². The Morgan fingerprint density at radius 1 is 1.41 bits per heavy atom. The Balaban J connectivity index is 2.50. The summed E-state index contributed by atoms with van der Waals surface area (Å²) in [7, 11) is 0. The minimum Gasteiger partial charge on any atom is -0.480 e. The van der Waals surface area contributed by atoms with Gasteiger partial charge in [0.2, 0.25) is 5.95 Å². The van der Waals surface area contributed by atoms with Gasteiger partial charge >= 0.3 is 5.97 Å². The number of benzene rings is 1. The monoisotopic (exact) mass is 416 g/mol. The number of aryl methyl sites for hydroxylation is 1. The number of pyridine rings is 1. The zero-order valence-electron chi connectivity index (χ0n) is 14.6. The van der Waals surface area contributed by atoms with Crippen LogP contribution in [0.3, 0.4) is 0 Å². The van der Waals surface area contributed by atoms with Crippen molar-refractivity contribution in [3.8, 4) is 11.5 Å². The van der Waals surface area contributed by atoms with Gasteiger partial charge in [-0.3, -0.25) is 4.79 Å². The number of aromatic nitrogens is 1. The third-order valence-corrected chi connectivity index (χ3v) is 4.45. The molecule has 0 fully saturated rings. The van der Waals surface area contributed by atoms with Crippen molar-refractivity contribution in [1.82, 2.24) is 4.98 Å². The highest BCUT2D eigenvalue weighted by Crippen LogP contribution is 2.42. The molecule has 146 valence electrons. The van der Waals surface area contributed by atoms with Crippen molar-refractivity contribution >= 4 is 40.7 Å². The van der Waals surface area contributed by atoms with Gasteiger partial charge in [-0.1, -0.05) is 30.1 Å². The Morgan fingerprint density at radius 3 is 2.63 bits per heavy atom. The molecule has 1 atom stereocenters. The van der Waals surface area contributed by atoms with Crippen LogP contribution in [-0.2, 0) is 11.2 Å². The lowest BCUT2D eigenvalue weighted by Crippen LogP contribution is -2.14. The highest BCUT2D eigenvalue weighted by molar-refractivity contribution is 6.38. The first-order valence-corrected chi connectivity index (χ1v) is 8.77. The Morgan fingerprint density at radius 2 is 2.07 bits per heavy atom. The Kier molecular flexibility index (Phi) is 6.69. The van der Waals surface area contributed by atoms with Crippen LogP contribution in [0.1, 0.15) is 31.0 Å². The Labute approximate surface area is 165 Å². The molecule has 1 aromatic heterocycles. The smallest absolute Gasteiger partial charge is 0.322 e. The van der Waals surface area contributed by atoms with E-state index in [0.29, 0.717) is 23.4 Å². The molecule has 0 bridgehead atoms. The van der Waals surface area contributed by atoms with E-state index in [-0.39, 0.29) is 22.6 Å². The number of nitrogens with zero attached hydrogens (tertiary/aromatic N) is 1. The number of halogens is 3. The number of carboxylic acid groups (broad SMARTS) is 1. The second kappa shape index (κ2) is 8.60.